The van der Waals surface area contributed by atoms with Gasteiger partial charge in [0.05, 0.1) is 17.2 Å². The van der Waals surface area contributed by atoms with Gasteiger partial charge in [0.2, 0.25) is 0 Å². The largest absolute Gasteiger partial charge is 0.417 e. The zero-order chi connectivity index (χ0) is 19.8. The van der Waals surface area contributed by atoms with Crippen LogP contribution >= 0.6 is 0 Å². The standard InChI is InChI=1S/C20H19F4N3/c1-13-12-27(14(2)11-26(13)17-7-4-16(21)5-8-17)18-6-3-15(10-25)19(9-18)20(22,23)24/h3-9,13-14H,11-12H2,1-2H3/t13-,14+/m0/s1. The minimum absolute atomic E-state index is 0.0247. The van der Waals surface area contributed by atoms with Crippen LogP contribution in [0.25, 0.3) is 0 Å². The van der Waals surface area contributed by atoms with Gasteiger partial charge in [0, 0.05) is 36.5 Å². The van der Waals surface area contributed by atoms with Crippen LogP contribution in [0.3, 0.4) is 0 Å². The average Bonchev–Trinajstić information content (AvgIpc) is 2.63. The number of hydrogen-bond donors (Lipinski definition) is 0. The van der Waals surface area contributed by atoms with Crippen molar-refractivity contribution in [2.24, 2.45) is 0 Å². The van der Waals surface area contributed by atoms with Crippen LogP contribution in [0.1, 0.15) is 25.0 Å². The first-order valence-corrected chi connectivity index (χ1v) is 8.61. The van der Waals surface area contributed by atoms with Crippen molar-refractivity contribution in [2.45, 2.75) is 32.1 Å². The predicted molar refractivity (Wildman–Crippen MR) is 96.2 cm³/mol. The van der Waals surface area contributed by atoms with Crippen molar-refractivity contribution in [1.29, 1.82) is 5.26 Å². The smallest absolute Gasteiger partial charge is 0.365 e. The van der Waals surface area contributed by atoms with E-state index in [1.54, 1.807) is 24.3 Å². The SMILES string of the molecule is C[C@@H]1CN(c2ccc(F)cc2)[C@@H](C)CN1c1ccc(C#N)c(C(F)(F)F)c1. The maximum atomic E-state index is 13.3. The monoisotopic (exact) mass is 377 g/mol. The topological polar surface area (TPSA) is 30.3 Å². The molecule has 0 bridgehead atoms. The van der Waals surface area contributed by atoms with E-state index in [4.69, 9.17) is 5.26 Å². The molecule has 0 aromatic heterocycles. The van der Waals surface area contributed by atoms with Crippen LogP contribution in [0.4, 0.5) is 28.9 Å². The number of rotatable bonds is 2. The van der Waals surface area contributed by atoms with E-state index in [0.717, 1.165) is 11.8 Å². The Labute approximate surface area is 155 Å². The molecule has 1 saturated heterocycles. The predicted octanol–water partition coefficient (Wildman–Crippen LogP) is 4.82. The van der Waals surface area contributed by atoms with Crippen molar-refractivity contribution < 1.29 is 17.6 Å². The number of piperazine rings is 1. The van der Waals surface area contributed by atoms with Crippen LogP contribution < -0.4 is 9.80 Å². The zero-order valence-corrected chi connectivity index (χ0v) is 15.0. The van der Waals surface area contributed by atoms with E-state index in [0.29, 0.717) is 18.8 Å². The van der Waals surface area contributed by atoms with Crippen LogP contribution in [-0.2, 0) is 6.18 Å². The quantitative estimate of drug-likeness (QED) is 0.703. The summed E-state index contributed by atoms with van der Waals surface area (Å²) in [5, 5.41) is 8.96. The maximum Gasteiger partial charge on any atom is 0.417 e. The van der Waals surface area contributed by atoms with Crippen molar-refractivity contribution in [3.05, 3.63) is 59.4 Å². The van der Waals surface area contributed by atoms with Gasteiger partial charge in [-0.15, -0.1) is 0 Å². The van der Waals surface area contributed by atoms with Crippen LogP contribution in [0.15, 0.2) is 42.5 Å². The highest BCUT2D eigenvalue weighted by atomic mass is 19.4. The first kappa shape index (κ1) is 19.0. The van der Waals surface area contributed by atoms with Gasteiger partial charge in [0.15, 0.2) is 0 Å². The molecule has 1 aliphatic rings. The number of alkyl halides is 3. The zero-order valence-electron chi connectivity index (χ0n) is 15.0. The minimum Gasteiger partial charge on any atom is -0.365 e. The highest BCUT2D eigenvalue weighted by Crippen LogP contribution is 2.36. The van der Waals surface area contributed by atoms with Gasteiger partial charge in [-0.05, 0) is 56.3 Å². The third kappa shape index (κ3) is 3.85. The Morgan fingerprint density at radius 1 is 0.926 bits per heavy atom. The summed E-state index contributed by atoms with van der Waals surface area (Å²) in [7, 11) is 0. The van der Waals surface area contributed by atoms with Gasteiger partial charge < -0.3 is 9.80 Å². The van der Waals surface area contributed by atoms with Crippen molar-refractivity contribution >= 4 is 11.4 Å². The maximum absolute atomic E-state index is 13.3. The van der Waals surface area contributed by atoms with Crippen molar-refractivity contribution in [3.63, 3.8) is 0 Å². The lowest BCUT2D eigenvalue weighted by molar-refractivity contribution is -0.137. The van der Waals surface area contributed by atoms with E-state index in [-0.39, 0.29) is 23.5 Å². The summed E-state index contributed by atoms with van der Waals surface area (Å²) < 4.78 is 53.0. The number of halogens is 4. The molecule has 1 heterocycles. The fourth-order valence-electron chi connectivity index (χ4n) is 3.52. The van der Waals surface area contributed by atoms with Gasteiger partial charge in [-0.25, -0.2) is 4.39 Å². The molecule has 7 heteroatoms. The molecule has 2 aromatic rings. The van der Waals surface area contributed by atoms with Gasteiger partial charge in [-0.2, -0.15) is 18.4 Å². The molecule has 1 aliphatic heterocycles. The molecule has 0 amide bonds. The van der Waals surface area contributed by atoms with Crippen molar-refractivity contribution in [2.75, 3.05) is 22.9 Å². The summed E-state index contributed by atoms with van der Waals surface area (Å²) in [6, 6.07) is 11.6. The fourth-order valence-corrected chi connectivity index (χ4v) is 3.52. The summed E-state index contributed by atoms with van der Waals surface area (Å²) in [6.45, 7) is 5.03. The molecule has 0 spiro atoms. The summed E-state index contributed by atoms with van der Waals surface area (Å²) in [6.07, 6.45) is -4.58. The van der Waals surface area contributed by atoms with Crippen LogP contribution in [0.5, 0.6) is 0 Å². The lowest BCUT2D eigenvalue weighted by Gasteiger charge is -2.46. The normalized spacial score (nSPS) is 20.5. The Bertz CT molecular complexity index is 855. The Morgan fingerprint density at radius 2 is 1.44 bits per heavy atom. The number of hydrogen-bond acceptors (Lipinski definition) is 3. The van der Waals surface area contributed by atoms with E-state index in [2.05, 4.69) is 4.90 Å². The molecule has 0 aliphatic carbocycles. The first-order valence-electron chi connectivity index (χ1n) is 8.61. The number of nitrogens with zero attached hydrogens (tertiary/aromatic N) is 3. The van der Waals surface area contributed by atoms with E-state index in [1.165, 1.54) is 18.2 Å². The van der Waals surface area contributed by atoms with Crippen LogP contribution in [-0.4, -0.2) is 25.2 Å². The molecule has 2 atom stereocenters. The summed E-state index contributed by atoms with van der Waals surface area (Å²) in [4.78, 5) is 4.04. The van der Waals surface area contributed by atoms with Gasteiger partial charge in [0.1, 0.15) is 5.82 Å². The minimum atomic E-state index is -4.58. The molecule has 27 heavy (non-hydrogen) atoms. The number of anilines is 2. The third-order valence-electron chi connectivity index (χ3n) is 4.90. The molecule has 142 valence electrons. The fraction of sp³-hybridized carbons (Fsp3) is 0.350. The van der Waals surface area contributed by atoms with E-state index < -0.39 is 11.7 Å². The molecular weight excluding hydrogens is 358 g/mol. The molecule has 1 fully saturated rings. The molecule has 0 saturated carbocycles. The molecule has 3 nitrogen and oxygen atoms in total. The van der Waals surface area contributed by atoms with Crippen LogP contribution in [0, 0.1) is 17.1 Å². The Balaban J connectivity index is 1.87. The summed E-state index contributed by atoms with van der Waals surface area (Å²) in [5.41, 5.74) is 0.0332. The first-order chi connectivity index (χ1) is 12.7. The third-order valence-corrected chi connectivity index (χ3v) is 4.90. The number of benzene rings is 2. The van der Waals surface area contributed by atoms with E-state index >= 15 is 0 Å². The van der Waals surface area contributed by atoms with Gasteiger partial charge in [-0.3, -0.25) is 0 Å². The molecule has 0 radical (unpaired) electrons. The molecule has 2 aromatic carbocycles. The summed E-state index contributed by atoms with van der Waals surface area (Å²) in [5.74, 6) is -0.310. The second kappa shape index (κ2) is 7.10. The second-order valence-corrected chi connectivity index (χ2v) is 6.82. The lowest BCUT2D eigenvalue weighted by Crippen LogP contribution is -2.56. The lowest BCUT2D eigenvalue weighted by atomic mass is 10.0. The highest BCUT2D eigenvalue weighted by molar-refractivity contribution is 5.58. The van der Waals surface area contributed by atoms with Crippen molar-refractivity contribution in [3.8, 4) is 6.07 Å². The van der Waals surface area contributed by atoms with Crippen molar-refractivity contribution in [1.82, 2.24) is 0 Å². The van der Waals surface area contributed by atoms with Gasteiger partial charge in [0.25, 0.3) is 0 Å². The van der Waals surface area contributed by atoms with E-state index in [9.17, 15) is 17.6 Å². The molecule has 3 rings (SSSR count). The molecular formula is C20H19F4N3. The van der Waals surface area contributed by atoms with E-state index in [1.807, 2.05) is 18.7 Å². The average molecular weight is 377 g/mol. The number of nitriles is 1. The highest BCUT2D eigenvalue weighted by Gasteiger charge is 2.35. The van der Waals surface area contributed by atoms with Gasteiger partial charge >= 0.3 is 6.18 Å². The van der Waals surface area contributed by atoms with Gasteiger partial charge in [-0.1, -0.05) is 0 Å². The molecule has 0 N–H and O–H groups in total. The Kier molecular flexibility index (Phi) is 5.01. The Morgan fingerprint density at radius 3 is 1.96 bits per heavy atom. The Hall–Kier alpha value is -2.75. The van der Waals surface area contributed by atoms with Crippen LogP contribution in [0.2, 0.25) is 0 Å². The summed E-state index contributed by atoms with van der Waals surface area (Å²) >= 11 is 0. The second-order valence-electron chi connectivity index (χ2n) is 6.82. The molecule has 0 unspecified atom stereocenters.